The topological polar surface area (TPSA) is 82.5 Å². The predicted octanol–water partition coefficient (Wildman–Crippen LogP) is 2.21. The van der Waals surface area contributed by atoms with Gasteiger partial charge in [0, 0.05) is 56.5 Å². The van der Waals surface area contributed by atoms with E-state index in [9.17, 15) is 9.59 Å². The number of anilines is 2. The third-order valence-corrected chi connectivity index (χ3v) is 5.69. The van der Waals surface area contributed by atoms with Crippen LogP contribution in [0.3, 0.4) is 0 Å². The van der Waals surface area contributed by atoms with Gasteiger partial charge in [0.25, 0.3) is 0 Å². The Hall–Kier alpha value is -3.23. The Labute approximate surface area is 181 Å². The third kappa shape index (κ3) is 4.92. The standard InChI is InChI=1S/C23H28N6O2/c1-16-20-8-7-19(14-21(20)28(3)26-16)25-23(31)22(30)24-18-6-4-5-17(13-18)15-29-11-9-27(2)10-12-29/h4-8,13-14H,9-12,15H2,1-3H3,(H,24,30)(H,25,31). The van der Waals surface area contributed by atoms with Crippen LogP contribution in [0, 0.1) is 6.92 Å². The number of fused-ring (bicyclic) bond motifs is 1. The lowest BCUT2D eigenvalue weighted by Crippen LogP contribution is -2.43. The molecule has 8 nitrogen and oxygen atoms in total. The van der Waals surface area contributed by atoms with Gasteiger partial charge >= 0.3 is 11.8 Å². The molecule has 1 fully saturated rings. The number of rotatable bonds is 4. The number of aromatic nitrogens is 2. The fourth-order valence-corrected chi connectivity index (χ4v) is 3.90. The third-order valence-electron chi connectivity index (χ3n) is 5.69. The highest BCUT2D eigenvalue weighted by atomic mass is 16.2. The molecule has 8 heteroatoms. The minimum Gasteiger partial charge on any atom is -0.318 e. The van der Waals surface area contributed by atoms with Crippen molar-refractivity contribution in [2.24, 2.45) is 7.05 Å². The Balaban J connectivity index is 1.37. The van der Waals surface area contributed by atoms with Crippen molar-refractivity contribution in [3.05, 3.63) is 53.7 Å². The Morgan fingerprint density at radius 2 is 1.61 bits per heavy atom. The van der Waals surface area contributed by atoms with E-state index in [0.717, 1.165) is 54.9 Å². The van der Waals surface area contributed by atoms with Crippen LogP contribution in [0.5, 0.6) is 0 Å². The summed E-state index contributed by atoms with van der Waals surface area (Å²) >= 11 is 0. The lowest BCUT2D eigenvalue weighted by atomic mass is 10.1. The Morgan fingerprint density at radius 1 is 0.935 bits per heavy atom. The van der Waals surface area contributed by atoms with E-state index in [0.29, 0.717) is 11.4 Å². The molecule has 2 amide bonds. The minimum absolute atomic E-state index is 0.555. The number of carbonyl (C=O) groups is 2. The molecular weight excluding hydrogens is 392 g/mol. The van der Waals surface area contributed by atoms with Crippen LogP contribution in [0.1, 0.15) is 11.3 Å². The Morgan fingerprint density at radius 3 is 2.32 bits per heavy atom. The first-order valence-corrected chi connectivity index (χ1v) is 10.4. The molecule has 0 aliphatic carbocycles. The van der Waals surface area contributed by atoms with E-state index < -0.39 is 11.8 Å². The summed E-state index contributed by atoms with van der Waals surface area (Å²) < 4.78 is 1.76. The van der Waals surface area contributed by atoms with Gasteiger partial charge < -0.3 is 15.5 Å². The summed E-state index contributed by atoms with van der Waals surface area (Å²) in [5.74, 6) is -1.40. The number of benzene rings is 2. The van der Waals surface area contributed by atoms with Gasteiger partial charge in [-0.25, -0.2) is 0 Å². The number of likely N-dealkylation sites (N-methyl/N-ethyl adjacent to an activating group) is 1. The number of carbonyl (C=O) groups excluding carboxylic acids is 2. The number of nitrogens with zero attached hydrogens (tertiary/aromatic N) is 4. The maximum atomic E-state index is 12.4. The van der Waals surface area contributed by atoms with Gasteiger partial charge in [0.2, 0.25) is 0 Å². The highest BCUT2D eigenvalue weighted by molar-refractivity contribution is 6.43. The number of hydrogen-bond donors (Lipinski definition) is 2. The average molecular weight is 421 g/mol. The average Bonchev–Trinajstić information content (AvgIpc) is 3.03. The van der Waals surface area contributed by atoms with E-state index >= 15 is 0 Å². The van der Waals surface area contributed by atoms with Crippen LogP contribution in [0.25, 0.3) is 10.9 Å². The highest BCUT2D eigenvalue weighted by Gasteiger charge is 2.17. The molecule has 1 aliphatic rings. The molecule has 0 unspecified atom stereocenters. The molecule has 2 aromatic carbocycles. The van der Waals surface area contributed by atoms with Gasteiger partial charge in [-0.15, -0.1) is 0 Å². The highest BCUT2D eigenvalue weighted by Crippen LogP contribution is 2.21. The van der Waals surface area contributed by atoms with Gasteiger partial charge in [-0.05, 0) is 49.9 Å². The van der Waals surface area contributed by atoms with E-state index in [1.165, 1.54) is 0 Å². The van der Waals surface area contributed by atoms with E-state index in [-0.39, 0.29) is 0 Å². The van der Waals surface area contributed by atoms with E-state index in [4.69, 9.17) is 0 Å². The van der Waals surface area contributed by atoms with Crippen LogP contribution in [0.4, 0.5) is 11.4 Å². The first-order valence-electron chi connectivity index (χ1n) is 10.4. The summed E-state index contributed by atoms with van der Waals surface area (Å²) in [6, 6.07) is 13.1. The van der Waals surface area contributed by atoms with Gasteiger partial charge in [0.15, 0.2) is 0 Å². The van der Waals surface area contributed by atoms with E-state index in [1.54, 1.807) is 16.8 Å². The predicted molar refractivity (Wildman–Crippen MR) is 122 cm³/mol. The van der Waals surface area contributed by atoms with Crippen molar-refractivity contribution < 1.29 is 9.59 Å². The monoisotopic (exact) mass is 420 g/mol. The zero-order valence-electron chi connectivity index (χ0n) is 18.2. The molecule has 0 atom stereocenters. The van der Waals surface area contributed by atoms with E-state index in [1.807, 2.05) is 44.3 Å². The largest absolute Gasteiger partial charge is 0.318 e. The molecule has 1 saturated heterocycles. The van der Waals surface area contributed by atoms with Gasteiger partial charge in [0.1, 0.15) is 0 Å². The molecule has 3 aromatic rings. The Kier molecular flexibility index (Phi) is 6.01. The summed E-state index contributed by atoms with van der Waals surface area (Å²) in [5, 5.41) is 10.8. The van der Waals surface area contributed by atoms with Gasteiger partial charge in [-0.2, -0.15) is 5.10 Å². The molecule has 0 bridgehead atoms. The molecule has 0 radical (unpaired) electrons. The minimum atomic E-state index is -0.706. The van der Waals surface area contributed by atoms with Crippen molar-refractivity contribution in [2.75, 3.05) is 43.9 Å². The quantitative estimate of drug-likeness (QED) is 0.633. The van der Waals surface area contributed by atoms with Crippen molar-refractivity contribution in [3.63, 3.8) is 0 Å². The van der Waals surface area contributed by atoms with Crippen LogP contribution in [-0.4, -0.2) is 64.6 Å². The molecule has 162 valence electrons. The zero-order chi connectivity index (χ0) is 22.0. The van der Waals surface area contributed by atoms with Crippen LogP contribution in [0.2, 0.25) is 0 Å². The first kappa shape index (κ1) is 21.0. The fourth-order valence-electron chi connectivity index (χ4n) is 3.90. The summed E-state index contributed by atoms with van der Waals surface area (Å²) in [5.41, 5.74) is 4.10. The molecule has 0 saturated carbocycles. The van der Waals surface area contributed by atoms with Crippen LogP contribution in [-0.2, 0) is 23.2 Å². The lowest BCUT2D eigenvalue weighted by molar-refractivity contribution is -0.132. The van der Waals surface area contributed by atoms with Crippen molar-refractivity contribution >= 4 is 34.1 Å². The molecule has 31 heavy (non-hydrogen) atoms. The SMILES string of the molecule is Cc1nn(C)c2cc(NC(=O)C(=O)Nc3cccc(CN4CCN(C)CC4)c3)ccc12. The summed E-state index contributed by atoms with van der Waals surface area (Å²) in [7, 11) is 3.98. The van der Waals surface area contributed by atoms with Gasteiger partial charge in [-0.3, -0.25) is 19.2 Å². The van der Waals surface area contributed by atoms with Crippen LogP contribution < -0.4 is 10.6 Å². The second-order valence-electron chi connectivity index (χ2n) is 8.13. The second-order valence-corrected chi connectivity index (χ2v) is 8.13. The smallest absolute Gasteiger partial charge is 0.314 e. The lowest BCUT2D eigenvalue weighted by Gasteiger charge is -2.32. The second kappa shape index (κ2) is 8.87. The maximum absolute atomic E-state index is 12.4. The molecule has 0 spiro atoms. The zero-order valence-corrected chi connectivity index (χ0v) is 18.2. The molecule has 4 rings (SSSR count). The summed E-state index contributed by atoms with van der Waals surface area (Å²) in [6.07, 6.45) is 0. The van der Waals surface area contributed by atoms with Gasteiger partial charge in [0.05, 0.1) is 11.2 Å². The number of hydrogen-bond acceptors (Lipinski definition) is 5. The Bertz CT molecular complexity index is 1110. The van der Waals surface area contributed by atoms with Crippen LogP contribution >= 0.6 is 0 Å². The van der Waals surface area contributed by atoms with Crippen LogP contribution in [0.15, 0.2) is 42.5 Å². The normalized spacial score (nSPS) is 15.2. The van der Waals surface area contributed by atoms with Crippen molar-refractivity contribution in [1.82, 2.24) is 19.6 Å². The van der Waals surface area contributed by atoms with Crippen molar-refractivity contribution in [2.45, 2.75) is 13.5 Å². The molecule has 2 N–H and O–H groups in total. The summed E-state index contributed by atoms with van der Waals surface area (Å²) in [4.78, 5) is 29.6. The fraction of sp³-hybridized carbons (Fsp3) is 0.348. The van der Waals surface area contributed by atoms with Gasteiger partial charge in [-0.1, -0.05) is 12.1 Å². The number of nitrogens with one attached hydrogen (secondary N) is 2. The molecule has 2 heterocycles. The maximum Gasteiger partial charge on any atom is 0.314 e. The van der Waals surface area contributed by atoms with E-state index in [2.05, 4.69) is 32.6 Å². The number of aryl methyl sites for hydroxylation is 2. The molecule has 1 aliphatic heterocycles. The summed E-state index contributed by atoms with van der Waals surface area (Å²) in [6.45, 7) is 6.92. The molecule has 1 aromatic heterocycles. The number of piperazine rings is 1. The molecular formula is C23H28N6O2. The number of amides is 2. The first-order chi connectivity index (χ1) is 14.9. The van der Waals surface area contributed by atoms with Crippen molar-refractivity contribution in [3.8, 4) is 0 Å². The van der Waals surface area contributed by atoms with Crippen molar-refractivity contribution in [1.29, 1.82) is 0 Å².